The number of hydrazone groups is 1. The molecule has 1 aromatic heterocycles. The van der Waals surface area contributed by atoms with E-state index in [1.54, 1.807) is 24.3 Å². The molecule has 0 spiro atoms. The standard InChI is InChI=1S/C24H22ClN3O3/c1-15-21-19(27-28-23(29)17-10-5-6-11-18(17)25)12-7-13-20(21)31-22(15)24(30)26-14-16-8-3-2-4-9-16/h2-6,8-11H,7,12-14H2,1H3,(H,26,30)(H,28,29)/b27-19+. The first-order valence-corrected chi connectivity index (χ1v) is 10.5. The zero-order chi connectivity index (χ0) is 21.8. The number of benzene rings is 2. The molecule has 0 saturated carbocycles. The first-order chi connectivity index (χ1) is 15.0. The quantitative estimate of drug-likeness (QED) is 0.572. The molecule has 1 aliphatic carbocycles. The maximum Gasteiger partial charge on any atom is 0.287 e. The van der Waals surface area contributed by atoms with Crippen LogP contribution in [0.25, 0.3) is 0 Å². The van der Waals surface area contributed by atoms with Gasteiger partial charge in [0.2, 0.25) is 0 Å². The van der Waals surface area contributed by atoms with Gasteiger partial charge in [0, 0.05) is 24.1 Å². The Morgan fingerprint density at radius 1 is 1.03 bits per heavy atom. The predicted octanol–water partition coefficient (Wildman–Crippen LogP) is 4.64. The summed E-state index contributed by atoms with van der Waals surface area (Å²) < 4.78 is 5.90. The fourth-order valence-electron chi connectivity index (χ4n) is 3.68. The van der Waals surface area contributed by atoms with Crippen molar-refractivity contribution in [2.75, 3.05) is 0 Å². The number of hydrogen-bond donors (Lipinski definition) is 2. The van der Waals surface area contributed by atoms with Gasteiger partial charge in [0.05, 0.1) is 16.3 Å². The Labute approximate surface area is 185 Å². The second kappa shape index (κ2) is 9.18. The van der Waals surface area contributed by atoms with Crippen LogP contribution in [0.2, 0.25) is 5.02 Å². The number of furan rings is 1. The summed E-state index contributed by atoms with van der Waals surface area (Å²) in [7, 11) is 0. The number of rotatable bonds is 5. The molecular formula is C24H22ClN3O3. The Bertz CT molecular complexity index is 1150. The van der Waals surface area contributed by atoms with Gasteiger partial charge in [-0.3, -0.25) is 9.59 Å². The number of carbonyl (C=O) groups excluding carboxylic acids is 2. The van der Waals surface area contributed by atoms with Crippen molar-refractivity contribution in [3.63, 3.8) is 0 Å². The molecule has 0 fully saturated rings. The van der Waals surface area contributed by atoms with Crippen molar-refractivity contribution < 1.29 is 14.0 Å². The minimum atomic E-state index is -0.382. The Kier molecular flexibility index (Phi) is 6.18. The van der Waals surface area contributed by atoms with Crippen molar-refractivity contribution in [3.05, 3.63) is 93.4 Å². The Hall–Kier alpha value is -3.38. The molecule has 4 rings (SSSR count). The van der Waals surface area contributed by atoms with Gasteiger partial charge in [-0.1, -0.05) is 54.1 Å². The van der Waals surface area contributed by atoms with Gasteiger partial charge in [0.15, 0.2) is 5.76 Å². The summed E-state index contributed by atoms with van der Waals surface area (Å²) in [5, 5.41) is 7.60. The number of hydrogen-bond acceptors (Lipinski definition) is 4. The Balaban J connectivity index is 1.52. The normalized spacial score (nSPS) is 14.2. The summed E-state index contributed by atoms with van der Waals surface area (Å²) in [5.41, 5.74) is 6.18. The summed E-state index contributed by atoms with van der Waals surface area (Å²) in [5.74, 6) is 0.356. The Morgan fingerprint density at radius 3 is 2.55 bits per heavy atom. The van der Waals surface area contributed by atoms with Crippen LogP contribution < -0.4 is 10.7 Å². The number of aryl methyl sites for hydroxylation is 1. The minimum absolute atomic E-state index is 0.268. The third kappa shape index (κ3) is 4.54. The fraction of sp³-hybridized carbons (Fsp3) is 0.208. The summed E-state index contributed by atoms with van der Waals surface area (Å²) in [6.07, 6.45) is 2.23. The van der Waals surface area contributed by atoms with Crippen LogP contribution in [0.5, 0.6) is 0 Å². The van der Waals surface area contributed by atoms with E-state index in [2.05, 4.69) is 15.8 Å². The van der Waals surface area contributed by atoms with Crippen LogP contribution in [0.15, 0.2) is 64.1 Å². The molecule has 158 valence electrons. The van der Waals surface area contributed by atoms with Crippen LogP contribution in [0.4, 0.5) is 0 Å². The summed E-state index contributed by atoms with van der Waals surface area (Å²) in [6.45, 7) is 2.26. The number of halogens is 1. The van der Waals surface area contributed by atoms with E-state index >= 15 is 0 Å². The number of carbonyl (C=O) groups is 2. The van der Waals surface area contributed by atoms with E-state index in [-0.39, 0.29) is 17.6 Å². The second-order valence-corrected chi connectivity index (χ2v) is 7.76. The largest absolute Gasteiger partial charge is 0.455 e. The number of nitrogens with one attached hydrogen (secondary N) is 2. The van der Waals surface area contributed by atoms with Crippen molar-refractivity contribution in [1.29, 1.82) is 0 Å². The van der Waals surface area contributed by atoms with Crippen LogP contribution in [0.1, 0.15) is 56.2 Å². The van der Waals surface area contributed by atoms with E-state index in [1.807, 2.05) is 37.3 Å². The van der Waals surface area contributed by atoms with E-state index in [4.69, 9.17) is 16.0 Å². The first kappa shape index (κ1) is 20.9. The second-order valence-electron chi connectivity index (χ2n) is 7.36. The molecule has 3 aromatic rings. The average molecular weight is 436 g/mol. The maximum atomic E-state index is 12.7. The highest BCUT2D eigenvalue weighted by Gasteiger charge is 2.28. The first-order valence-electron chi connectivity index (χ1n) is 10.1. The zero-order valence-electron chi connectivity index (χ0n) is 17.1. The van der Waals surface area contributed by atoms with Gasteiger partial charge in [-0.05, 0) is 37.5 Å². The molecule has 1 heterocycles. The SMILES string of the molecule is Cc1c(C(=O)NCc2ccccc2)oc2c1/C(=N/NC(=O)c1ccccc1Cl)CCC2. The van der Waals surface area contributed by atoms with Crippen LogP contribution >= 0.6 is 11.6 Å². The van der Waals surface area contributed by atoms with Gasteiger partial charge in [0.1, 0.15) is 5.76 Å². The van der Waals surface area contributed by atoms with Crippen molar-refractivity contribution >= 4 is 29.1 Å². The van der Waals surface area contributed by atoms with Crippen molar-refractivity contribution in [2.24, 2.45) is 5.10 Å². The lowest BCUT2D eigenvalue weighted by Crippen LogP contribution is -2.23. The fourth-order valence-corrected chi connectivity index (χ4v) is 3.90. The molecule has 6 nitrogen and oxygen atoms in total. The minimum Gasteiger partial charge on any atom is -0.455 e. The molecule has 2 aromatic carbocycles. The monoisotopic (exact) mass is 435 g/mol. The molecule has 0 atom stereocenters. The topological polar surface area (TPSA) is 83.7 Å². The smallest absolute Gasteiger partial charge is 0.287 e. The summed E-state index contributed by atoms with van der Waals surface area (Å²) in [4.78, 5) is 25.2. The van der Waals surface area contributed by atoms with E-state index in [1.165, 1.54) is 0 Å². The van der Waals surface area contributed by atoms with Crippen LogP contribution in [0, 0.1) is 6.92 Å². The highest BCUT2D eigenvalue weighted by Crippen LogP contribution is 2.30. The predicted molar refractivity (Wildman–Crippen MR) is 119 cm³/mol. The van der Waals surface area contributed by atoms with Gasteiger partial charge in [-0.15, -0.1) is 0 Å². The molecule has 1 aliphatic rings. The average Bonchev–Trinajstić information content (AvgIpc) is 3.14. The van der Waals surface area contributed by atoms with Gasteiger partial charge in [-0.2, -0.15) is 5.10 Å². The lowest BCUT2D eigenvalue weighted by atomic mass is 9.93. The van der Waals surface area contributed by atoms with Gasteiger partial charge in [0.25, 0.3) is 11.8 Å². The highest BCUT2D eigenvalue weighted by molar-refractivity contribution is 6.33. The van der Waals surface area contributed by atoms with Crippen molar-refractivity contribution in [3.8, 4) is 0 Å². The van der Waals surface area contributed by atoms with Gasteiger partial charge >= 0.3 is 0 Å². The van der Waals surface area contributed by atoms with Crippen LogP contribution in [-0.4, -0.2) is 17.5 Å². The van der Waals surface area contributed by atoms with Crippen molar-refractivity contribution in [1.82, 2.24) is 10.7 Å². The van der Waals surface area contributed by atoms with E-state index in [0.717, 1.165) is 35.3 Å². The van der Waals surface area contributed by atoms with Gasteiger partial charge < -0.3 is 9.73 Å². The molecule has 0 unspecified atom stereocenters. The van der Waals surface area contributed by atoms with E-state index in [0.29, 0.717) is 29.3 Å². The summed E-state index contributed by atoms with van der Waals surface area (Å²) >= 11 is 6.09. The zero-order valence-corrected chi connectivity index (χ0v) is 17.8. The third-order valence-electron chi connectivity index (χ3n) is 5.24. The number of nitrogens with zero attached hydrogens (tertiary/aromatic N) is 1. The molecule has 2 amide bonds. The Morgan fingerprint density at radius 2 is 1.77 bits per heavy atom. The number of fused-ring (bicyclic) bond motifs is 1. The van der Waals surface area contributed by atoms with Crippen LogP contribution in [-0.2, 0) is 13.0 Å². The van der Waals surface area contributed by atoms with Crippen molar-refractivity contribution in [2.45, 2.75) is 32.7 Å². The summed E-state index contributed by atoms with van der Waals surface area (Å²) in [6, 6.07) is 16.5. The molecular weight excluding hydrogens is 414 g/mol. The molecule has 0 aliphatic heterocycles. The molecule has 7 heteroatoms. The third-order valence-corrected chi connectivity index (χ3v) is 5.57. The van der Waals surface area contributed by atoms with Gasteiger partial charge in [-0.25, -0.2) is 5.43 Å². The van der Waals surface area contributed by atoms with E-state index < -0.39 is 0 Å². The molecule has 0 radical (unpaired) electrons. The molecule has 2 N–H and O–H groups in total. The maximum absolute atomic E-state index is 12.7. The molecule has 0 bridgehead atoms. The highest BCUT2D eigenvalue weighted by atomic mass is 35.5. The lowest BCUT2D eigenvalue weighted by molar-refractivity contribution is 0.0919. The molecule has 0 saturated heterocycles. The lowest BCUT2D eigenvalue weighted by Gasteiger charge is -2.13. The van der Waals surface area contributed by atoms with E-state index in [9.17, 15) is 9.59 Å². The molecule has 31 heavy (non-hydrogen) atoms. The van der Waals surface area contributed by atoms with Crippen LogP contribution in [0.3, 0.4) is 0 Å². The number of amides is 2.